The van der Waals surface area contributed by atoms with Gasteiger partial charge < -0.3 is 15.8 Å². The number of hydrogen-bond donors (Lipinski definition) is 2. The van der Waals surface area contributed by atoms with Gasteiger partial charge in [0.2, 0.25) is 5.91 Å². The maximum atomic E-state index is 12.0. The highest BCUT2D eigenvalue weighted by Crippen LogP contribution is 2.29. The summed E-state index contributed by atoms with van der Waals surface area (Å²) in [6.07, 6.45) is 0.657. The highest BCUT2D eigenvalue weighted by Gasteiger charge is 2.16. The van der Waals surface area contributed by atoms with Crippen LogP contribution in [0.4, 0.5) is 5.13 Å². The Morgan fingerprint density at radius 3 is 2.90 bits per heavy atom. The molecule has 0 radical (unpaired) electrons. The average Bonchev–Trinajstić information content (AvgIpc) is 2.78. The summed E-state index contributed by atoms with van der Waals surface area (Å²) >= 11 is 1.41. The fourth-order valence-corrected chi connectivity index (χ4v) is 2.80. The van der Waals surface area contributed by atoms with Crippen molar-refractivity contribution in [3.8, 4) is 5.75 Å². The summed E-state index contributed by atoms with van der Waals surface area (Å²) in [5, 5.41) is 3.34. The summed E-state index contributed by atoms with van der Waals surface area (Å²) in [4.78, 5) is 16.3. The molecular formula is C14H19N3O2S. The molecule has 0 aliphatic carbocycles. The molecule has 0 unspecified atom stereocenters. The molecule has 0 fully saturated rings. The van der Waals surface area contributed by atoms with E-state index in [1.165, 1.54) is 11.3 Å². The molecule has 1 amide bonds. The maximum Gasteiger partial charge on any atom is 0.243 e. The first-order chi connectivity index (χ1) is 9.49. The Morgan fingerprint density at radius 1 is 1.50 bits per heavy atom. The first-order valence-corrected chi connectivity index (χ1v) is 7.32. The van der Waals surface area contributed by atoms with Crippen molar-refractivity contribution in [1.82, 2.24) is 4.98 Å². The molecule has 108 valence electrons. The summed E-state index contributed by atoms with van der Waals surface area (Å²) in [5.41, 5.74) is 6.69. The van der Waals surface area contributed by atoms with E-state index in [1.807, 2.05) is 32.0 Å². The van der Waals surface area contributed by atoms with Crippen LogP contribution in [0, 0.1) is 5.92 Å². The van der Waals surface area contributed by atoms with Crippen LogP contribution in [0.5, 0.6) is 5.75 Å². The van der Waals surface area contributed by atoms with Gasteiger partial charge in [0.05, 0.1) is 23.4 Å². The summed E-state index contributed by atoms with van der Waals surface area (Å²) in [5.74, 6) is 0.968. The molecule has 3 N–H and O–H groups in total. The summed E-state index contributed by atoms with van der Waals surface area (Å²) in [7, 11) is 1.62. The number of amides is 1. The van der Waals surface area contributed by atoms with Crippen molar-refractivity contribution in [3.05, 3.63) is 18.2 Å². The van der Waals surface area contributed by atoms with E-state index in [1.54, 1.807) is 7.11 Å². The number of benzene rings is 1. The minimum Gasteiger partial charge on any atom is -0.497 e. The molecule has 0 bridgehead atoms. The van der Waals surface area contributed by atoms with Gasteiger partial charge in [0.1, 0.15) is 5.75 Å². The number of fused-ring (bicyclic) bond motifs is 1. The molecule has 1 atom stereocenters. The van der Waals surface area contributed by atoms with Gasteiger partial charge in [-0.25, -0.2) is 4.98 Å². The maximum absolute atomic E-state index is 12.0. The lowest BCUT2D eigenvalue weighted by molar-refractivity contribution is -0.117. The molecule has 0 saturated heterocycles. The quantitative estimate of drug-likeness (QED) is 0.888. The van der Waals surface area contributed by atoms with Crippen LogP contribution in [0.25, 0.3) is 10.2 Å². The van der Waals surface area contributed by atoms with Crippen LogP contribution in [0.2, 0.25) is 0 Å². The third-order valence-electron chi connectivity index (χ3n) is 2.89. The minimum absolute atomic E-state index is 0.190. The van der Waals surface area contributed by atoms with Gasteiger partial charge in [0.15, 0.2) is 5.13 Å². The fraction of sp³-hybridized carbons (Fsp3) is 0.429. The summed E-state index contributed by atoms with van der Waals surface area (Å²) in [6.45, 7) is 4.08. The second-order valence-electron chi connectivity index (χ2n) is 5.08. The van der Waals surface area contributed by atoms with E-state index < -0.39 is 6.04 Å². The third kappa shape index (κ3) is 3.46. The SMILES string of the molecule is COc1ccc2nc(NC(=O)[C@@H](N)CC(C)C)sc2c1. The van der Waals surface area contributed by atoms with Gasteiger partial charge in [-0.3, -0.25) is 4.79 Å². The van der Waals surface area contributed by atoms with E-state index >= 15 is 0 Å². The van der Waals surface area contributed by atoms with Gasteiger partial charge in [0, 0.05) is 0 Å². The summed E-state index contributed by atoms with van der Waals surface area (Å²) in [6, 6.07) is 5.11. The number of nitrogens with two attached hydrogens (primary N) is 1. The molecule has 2 rings (SSSR count). The topological polar surface area (TPSA) is 77.2 Å². The number of ether oxygens (including phenoxy) is 1. The van der Waals surface area contributed by atoms with Crippen molar-refractivity contribution in [1.29, 1.82) is 0 Å². The van der Waals surface area contributed by atoms with Crippen LogP contribution in [0.1, 0.15) is 20.3 Å². The molecule has 0 saturated carbocycles. The molecule has 1 heterocycles. The molecule has 0 aliphatic heterocycles. The van der Waals surface area contributed by atoms with Gasteiger partial charge in [-0.15, -0.1) is 0 Å². The highest BCUT2D eigenvalue weighted by atomic mass is 32.1. The molecule has 20 heavy (non-hydrogen) atoms. The average molecular weight is 293 g/mol. The van der Waals surface area contributed by atoms with E-state index in [0.717, 1.165) is 16.0 Å². The predicted octanol–water partition coefficient (Wildman–Crippen LogP) is 2.62. The molecule has 6 heteroatoms. The van der Waals surface area contributed by atoms with Crippen molar-refractivity contribution in [2.24, 2.45) is 11.7 Å². The number of nitrogens with one attached hydrogen (secondary N) is 1. The number of carbonyl (C=O) groups excluding carboxylic acids is 1. The molecule has 5 nitrogen and oxygen atoms in total. The van der Waals surface area contributed by atoms with Crippen molar-refractivity contribution >= 4 is 32.6 Å². The Morgan fingerprint density at radius 2 is 2.25 bits per heavy atom. The van der Waals surface area contributed by atoms with Gasteiger partial charge >= 0.3 is 0 Å². The van der Waals surface area contributed by atoms with Gasteiger partial charge in [-0.1, -0.05) is 25.2 Å². The smallest absolute Gasteiger partial charge is 0.243 e. The lowest BCUT2D eigenvalue weighted by Gasteiger charge is -2.12. The van der Waals surface area contributed by atoms with Crippen molar-refractivity contribution in [3.63, 3.8) is 0 Å². The van der Waals surface area contributed by atoms with Crippen LogP contribution in [-0.2, 0) is 4.79 Å². The molecule has 0 spiro atoms. The molecule has 1 aromatic carbocycles. The number of hydrogen-bond acceptors (Lipinski definition) is 5. The number of nitrogens with zero attached hydrogens (tertiary/aromatic N) is 1. The zero-order chi connectivity index (χ0) is 14.7. The Kier molecular flexibility index (Phi) is 4.57. The highest BCUT2D eigenvalue weighted by molar-refractivity contribution is 7.22. The van der Waals surface area contributed by atoms with Crippen molar-refractivity contribution in [2.45, 2.75) is 26.3 Å². The molecule has 0 aliphatic rings. The zero-order valence-electron chi connectivity index (χ0n) is 11.8. The standard InChI is InChI=1S/C14H19N3O2S/c1-8(2)6-10(15)13(18)17-14-16-11-5-4-9(19-3)7-12(11)20-14/h4-5,7-8,10H,6,15H2,1-3H3,(H,16,17,18)/t10-/m0/s1. The van der Waals surface area contributed by atoms with Gasteiger partial charge in [0.25, 0.3) is 0 Å². The Labute approximate surface area is 122 Å². The van der Waals surface area contributed by atoms with E-state index in [2.05, 4.69) is 10.3 Å². The number of methoxy groups -OCH3 is 1. The lowest BCUT2D eigenvalue weighted by Crippen LogP contribution is -2.36. The van der Waals surface area contributed by atoms with Gasteiger partial charge in [-0.2, -0.15) is 0 Å². The van der Waals surface area contributed by atoms with Crippen molar-refractivity contribution in [2.75, 3.05) is 12.4 Å². The Balaban J connectivity index is 2.11. The monoisotopic (exact) mass is 293 g/mol. The van der Waals surface area contributed by atoms with Crippen LogP contribution < -0.4 is 15.8 Å². The van der Waals surface area contributed by atoms with E-state index in [9.17, 15) is 4.79 Å². The van der Waals surface area contributed by atoms with Crippen LogP contribution >= 0.6 is 11.3 Å². The first kappa shape index (κ1) is 14.7. The number of rotatable bonds is 5. The second kappa shape index (κ2) is 6.19. The van der Waals surface area contributed by atoms with Crippen molar-refractivity contribution < 1.29 is 9.53 Å². The van der Waals surface area contributed by atoms with E-state index in [0.29, 0.717) is 17.5 Å². The summed E-state index contributed by atoms with van der Waals surface area (Å²) < 4.78 is 6.14. The van der Waals surface area contributed by atoms with Crippen LogP contribution in [0.3, 0.4) is 0 Å². The Hall–Kier alpha value is -1.66. The molecule has 2 aromatic rings. The minimum atomic E-state index is -0.503. The van der Waals surface area contributed by atoms with Crippen LogP contribution in [0.15, 0.2) is 18.2 Å². The van der Waals surface area contributed by atoms with E-state index in [4.69, 9.17) is 10.5 Å². The molecule has 1 aromatic heterocycles. The number of anilines is 1. The third-order valence-corrected chi connectivity index (χ3v) is 3.82. The largest absolute Gasteiger partial charge is 0.497 e. The van der Waals surface area contributed by atoms with Gasteiger partial charge in [-0.05, 0) is 30.5 Å². The normalized spacial score (nSPS) is 12.7. The number of aromatic nitrogens is 1. The van der Waals surface area contributed by atoms with E-state index in [-0.39, 0.29) is 5.91 Å². The fourth-order valence-electron chi connectivity index (χ4n) is 1.90. The first-order valence-electron chi connectivity index (χ1n) is 6.50. The number of thiazole rings is 1. The molecular weight excluding hydrogens is 274 g/mol. The van der Waals surface area contributed by atoms with Crippen LogP contribution in [-0.4, -0.2) is 24.0 Å². The Bertz CT molecular complexity index is 609. The zero-order valence-corrected chi connectivity index (χ0v) is 12.7. The predicted molar refractivity (Wildman–Crippen MR) is 82.2 cm³/mol. The number of carbonyl (C=O) groups is 1. The lowest BCUT2D eigenvalue weighted by atomic mass is 10.0. The second-order valence-corrected chi connectivity index (χ2v) is 6.11.